The maximum atomic E-state index is 12.2. The molecule has 10 nitrogen and oxygen atoms in total. The monoisotopic (exact) mass is 519 g/mol. The van der Waals surface area contributed by atoms with E-state index in [9.17, 15) is 10.0 Å². The minimum absolute atomic E-state index is 0.0362. The number of halogens is 1. The number of aliphatic imine (C=N–C) groups is 2. The van der Waals surface area contributed by atoms with Crippen LogP contribution >= 0.6 is 15.9 Å². The van der Waals surface area contributed by atoms with Gasteiger partial charge in [0.2, 0.25) is 11.7 Å². The topological polar surface area (TPSA) is 151 Å². The first-order valence-electron chi connectivity index (χ1n) is 11.2. The number of rotatable bonds is 9. The smallest absolute Gasteiger partial charge is 0.250 e. The summed E-state index contributed by atoms with van der Waals surface area (Å²) in [7, 11) is 0. The SMILES string of the molecule is Cc1ccc(N=C(NO)c2nonc2NCCCCC(N)=NC(=O)C2CCCCC2)cc1Br. The number of hydrogen-bond donors (Lipinski definition) is 4. The van der Waals surface area contributed by atoms with E-state index in [4.69, 9.17) is 10.4 Å². The van der Waals surface area contributed by atoms with Crippen LogP contribution in [0.4, 0.5) is 11.5 Å². The summed E-state index contributed by atoms with van der Waals surface area (Å²) in [5.41, 5.74) is 9.96. The van der Waals surface area contributed by atoms with Gasteiger partial charge in [0.25, 0.3) is 0 Å². The van der Waals surface area contributed by atoms with Crippen molar-refractivity contribution in [2.75, 3.05) is 11.9 Å². The van der Waals surface area contributed by atoms with E-state index >= 15 is 0 Å². The van der Waals surface area contributed by atoms with Crippen molar-refractivity contribution in [2.24, 2.45) is 21.6 Å². The van der Waals surface area contributed by atoms with Crippen molar-refractivity contribution in [3.05, 3.63) is 33.9 Å². The van der Waals surface area contributed by atoms with Crippen LogP contribution in [-0.2, 0) is 4.79 Å². The Labute approximate surface area is 201 Å². The average molecular weight is 520 g/mol. The van der Waals surface area contributed by atoms with Crippen LogP contribution in [0, 0.1) is 12.8 Å². The zero-order chi connectivity index (χ0) is 23.6. The van der Waals surface area contributed by atoms with Crippen LogP contribution in [0.25, 0.3) is 0 Å². The molecule has 0 unspecified atom stereocenters. The fourth-order valence-electron chi connectivity index (χ4n) is 3.65. The average Bonchev–Trinajstić information content (AvgIpc) is 3.28. The van der Waals surface area contributed by atoms with Crippen LogP contribution in [0.2, 0.25) is 0 Å². The molecule has 1 saturated carbocycles. The molecule has 0 bridgehead atoms. The molecule has 1 heterocycles. The molecular formula is C22H30BrN7O3. The molecule has 1 aliphatic rings. The number of carbonyl (C=O) groups excluding carboxylic acids is 1. The number of carbonyl (C=O) groups is 1. The predicted molar refractivity (Wildman–Crippen MR) is 130 cm³/mol. The number of amidine groups is 2. The summed E-state index contributed by atoms with van der Waals surface area (Å²) in [5.74, 6) is 0.807. The lowest BCUT2D eigenvalue weighted by Crippen LogP contribution is -2.22. The highest BCUT2D eigenvalue weighted by atomic mass is 79.9. The van der Waals surface area contributed by atoms with E-state index in [0.717, 1.165) is 48.6 Å². The standard InChI is InChI=1S/C22H30BrN7O3/c1-14-10-11-16(13-17(14)23)26-21(28-32)19-20(30-33-29-19)25-12-6-5-9-18(24)27-22(31)15-7-3-2-4-8-15/h10-11,13,15,32H,2-9,12H2,1H3,(H,25,30)(H,26,28)(H2,24,27,31). The summed E-state index contributed by atoms with van der Waals surface area (Å²) in [6, 6.07) is 5.57. The zero-order valence-electron chi connectivity index (χ0n) is 18.7. The minimum atomic E-state index is -0.0763. The molecule has 2 aromatic rings. The Kier molecular flexibility index (Phi) is 9.37. The van der Waals surface area contributed by atoms with Crippen molar-refractivity contribution < 1.29 is 14.6 Å². The van der Waals surface area contributed by atoms with E-state index < -0.39 is 0 Å². The first kappa shape index (κ1) is 24.8. The number of nitrogens with two attached hydrogens (primary N) is 1. The summed E-state index contributed by atoms with van der Waals surface area (Å²) >= 11 is 3.47. The molecule has 178 valence electrons. The van der Waals surface area contributed by atoms with Gasteiger partial charge in [0.05, 0.1) is 5.69 Å². The Morgan fingerprint density at radius 3 is 2.79 bits per heavy atom. The van der Waals surface area contributed by atoms with E-state index in [1.54, 1.807) is 0 Å². The number of hydrogen-bond acceptors (Lipinski definition) is 7. The van der Waals surface area contributed by atoms with E-state index in [2.05, 4.69) is 47.0 Å². The van der Waals surface area contributed by atoms with Gasteiger partial charge in [-0.05, 0) is 60.6 Å². The van der Waals surface area contributed by atoms with Crippen molar-refractivity contribution in [1.82, 2.24) is 15.8 Å². The largest absolute Gasteiger partial charge is 0.387 e. The number of anilines is 1. The third kappa shape index (κ3) is 7.36. The van der Waals surface area contributed by atoms with E-state index in [1.807, 2.05) is 25.1 Å². The van der Waals surface area contributed by atoms with Crippen molar-refractivity contribution >= 4 is 45.0 Å². The van der Waals surface area contributed by atoms with Gasteiger partial charge >= 0.3 is 0 Å². The summed E-state index contributed by atoms with van der Waals surface area (Å²) in [6.07, 6.45) is 7.31. The van der Waals surface area contributed by atoms with Gasteiger partial charge < -0.3 is 11.1 Å². The number of aryl methyl sites for hydroxylation is 1. The first-order chi connectivity index (χ1) is 16.0. The molecule has 1 aromatic carbocycles. The molecule has 33 heavy (non-hydrogen) atoms. The van der Waals surface area contributed by atoms with Gasteiger partial charge in [-0.3, -0.25) is 15.5 Å². The number of nitrogens with one attached hydrogen (secondary N) is 2. The van der Waals surface area contributed by atoms with Crippen molar-refractivity contribution in [1.29, 1.82) is 0 Å². The summed E-state index contributed by atoms with van der Waals surface area (Å²) in [6.45, 7) is 2.54. The highest BCUT2D eigenvalue weighted by Gasteiger charge is 2.21. The fourth-order valence-corrected chi connectivity index (χ4v) is 4.01. The molecule has 0 radical (unpaired) electrons. The van der Waals surface area contributed by atoms with E-state index in [1.165, 1.54) is 6.42 Å². The lowest BCUT2D eigenvalue weighted by molar-refractivity contribution is -0.122. The quantitative estimate of drug-likeness (QED) is 0.166. The van der Waals surface area contributed by atoms with Crippen LogP contribution < -0.4 is 16.5 Å². The van der Waals surface area contributed by atoms with Crippen LogP contribution in [0.1, 0.15) is 62.6 Å². The Morgan fingerprint density at radius 1 is 1.27 bits per heavy atom. The number of unbranched alkanes of at least 4 members (excludes halogenated alkanes) is 1. The number of hydroxylamine groups is 1. The van der Waals surface area contributed by atoms with E-state index in [-0.39, 0.29) is 23.4 Å². The maximum absolute atomic E-state index is 12.2. The molecule has 0 aliphatic heterocycles. The molecular weight excluding hydrogens is 490 g/mol. The molecule has 1 amide bonds. The second-order valence-corrected chi connectivity index (χ2v) is 8.98. The third-order valence-electron chi connectivity index (χ3n) is 5.58. The zero-order valence-corrected chi connectivity index (χ0v) is 20.3. The number of benzene rings is 1. The van der Waals surface area contributed by atoms with Crippen LogP contribution in [-0.4, -0.2) is 39.6 Å². The van der Waals surface area contributed by atoms with Crippen LogP contribution in [0.15, 0.2) is 37.3 Å². The molecule has 0 atom stereocenters. The molecule has 1 aliphatic carbocycles. The van der Waals surface area contributed by atoms with Gasteiger partial charge in [-0.25, -0.2) is 14.6 Å². The predicted octanol–water partition coefficient (Wildman–Crippen LogP) is 4.24. The maximum Gasteiger partial charge on any atom is 0.250 e. The highest BCUT2D eigenvalue weighted by Crippen LogP contribution is 2.25. The Morgan fingerprint density at radius 2 is 2.06 bits per heavy atom. The van der Waals surface area contributed by atoms with Gasteiger partial charge in [-0.1, -0.05) is 41.3 Å². The van der Waals surface area contributed by atoms with Gasteiger partial charge in [-0.15, -0.1) is 0 Å². The number of aromatic nitrogens is 2. The molecule has 1 fully saturated rings. The Hall–Kier alpha value is -2.79. The molecule has 1 aromatic heterocycles. The molecule has 5 N–H and O–H groups in total. The summed E-state index contributed by atoms with van der Waals surface area (Å²) in [5, 5.41) is 20.4. The van der Waals surface area contributed by atoms with Gasteiger partial charge in [0.15, 0.2) is 11.5 Å². The lowest BCUT2D eigenvalue weighted by Gasteiger charge is -2.18. The molecule has 3 rings (SSSR count). The second kappa shape index (κ2) is 12.4. The third-order valence-corrected chi connectivity index (χ3v) is 6.43. The Bertz CT molecular complexity index is 1000. The lowest BCUT2D eigenvalue weighted by atomic mass is 9.89. The highest BCUT2D eigenvalue weighted by molar-refractivity contribution is 9.10. The van der Waals surface area contributed by atoms with Crippen molar-refractivity contribution in [2.45, 2.75) is 58.3 Å². The fraction of sp³-hybridized carbons (Fsp3) is 0.500. The minimum Gasteiger partial charge on any atom is -0.387 e. The van der Waals surface area contributed by atoms with Crippen molar-refractivity contribution in [3.8, 4) is 0 Å². The van der Waals surface area contributed by atoms with Crippen molar-refractivity contribution in [3.63, 3.8) is 0 Å². The first-order valence-corrected chi connectivity index (χ1v) is 12.0. The normalized spacial score (nSPS) is 15.5. The van der Waals surface area contributed by atoms with E-state index in [0.29, 0.717) is 30.3 Å². The van der Waals surface area contributed by atoms with Crippen LogP contribution in [0.5, 0.6) is 0 Å². The Balaban J connectivity index is 1.49. The molecule has 11 heteroatoms. The van der Waals surface area contributed by atoms with Crippen LogP contribution in [0.3, 0.4) is 0 Å². The molecule has 0 spiro atoms. The second-order valence-electron chi connectivity index (χ2n) is 8.13. The van der Waals surface area contributed by atoms with Gasteiger partial charge in [0.1, 0.15) is 5.84 Å². The summed E-state index contributed by atoms with van der Waals surface area (Å²) in [4.78, 5) is 20.7. The molecule has 0 saturated heterocycles. The number of nitrogens with zero attached hydrogens (tertiary/aromatic N) is 4. The summed E-state index contributed by atoms with van der Waals surface area (Å²) < 4.78 is 5.73. The van der Waals surface area contributed by atoms with Gasteiger partial charge in [-0.2, -0.15) is 0 Å². The number of amides is 1. The van der Waals surface area contributed by atoms with Gasteiger partial charge in [0, 0.05) is 23.4 Å².